The summed E-state index contributed by atoms with van der Waals surface area (Å²) in [6.45, 7) is 4.46. The molecule has 2 aromatic rings. The van der Waals surface area contributed by atoms with Gasteiger partial charge in [0, 0.05) is 31.3 Å². The quantitative estimate of drug-likeness (QED) is 0.528. The smallest absolute Gasteiger partial charge is 0.242 e. The van der Waals surface area contributed by atoms with Crippen molar-refractivity contribution < 1.29 is 14.3 Å². The minimum absolute atomic E-state index is 0.0344. The van der Waals surface area contributed by atoms with Gasteiger partial charge in [0.05, 0.1) is 13.2 Å². The van der Waals surface area contributed by atoms with Gasteiger partial charge in [0.25, 0.3) is 0 Å². The topological polar surface area (TPSA) is 84.0 Å². The number of carbonyl (C=O) groups excluding carboxylic acids is 1. The largest absolute Gasteiger partial charge is 0.490 e. The second-order valence-electron chi connectivity index (χ2n) is 6.29. The summed E-state index contributed by atoms with van der Waals surface area (Å²) in [7, 11) is 0. The van der Waals surface area contributed by atoms with E-state index < -0.39 is 0 Å². The van der Waals surface area contributed by atoms with Gasteiger partial charge in [0.1, 0.15) is 6.54 Å². The minimum atomic E-state index is -0.139. The Labute approximate surface area is 165 Å². The summed E-state index contributed by atoms with van der Waals surface area (Å²) in [5, 5.41) is 9.21. The van der Waals surface area contributed by atoms with E-state index in [-0.39, 0.29) is 12.5 Å². The molecule has 0 fully saturated rings. The van der Waals surface area contributed by atoms with Gasteiger partial charge in [-0.2, -0.15) is 0 Å². The molecule has 0 spiro atoms. The first-order chi connectivity index (χ1) is 13.7. The number of fused-ring (bicyclic) bond motifs is 1. The molecule has 0 unspecified atom stereocenters. The molecular formula is C21H26N4O3. The van der Waals surface area contributed by atoms with Gasteiger partial charge in [-0.25, -0.2) is 4.99 Å². The third kappa shape index (κ3) is 5.90. The molecule has 1 aliphatic heterocycles. The van der Waals surface area contributed by atoms with Crippen LogP contribution in [0.5, 0.6) is 11.5 Å². The summed E-state index contributed by atoms with van der Waals surface area (Å²) in [6, 6.07) is 15.4. The number of benzene rings is 2. The number of aliphatic imine (C=N–C) groups is 1. The number of rotatable bonds is 6. The highest BCUT2D eigenvalue weighted by atomic mass is 16.5. The van der Waals surface area contributed by atoms with Crippen LogP contribution < -0.4 is 25.4 Å². The van der Waals surface area contributed by atoms with Crippen LogP contribution in [0, 0.1) is 0 Å². The Morgan fingerprint density at radius 3 is 2.61 bits per heavy atom. The molecule has 7 heteroatoms. The number of hydrogen-bond donors (Lipinski definition) is 3. The molecule has 1 heterocycles. The summed E-state index contributed by atoms with van der Waals surface area (Å²) in [6.07, 6.45) is 0.861. The third-order valence-electron chi connectivity index (χ3n) is 4.07. The zero-order valence-electron chi connectivity index (χ0n) is 16.0. The molecule has 1 aliphatic rings. The number of nitrogens with zero attached hydrogens (tertiary/aromatic N) is 1. The van der Waals surface area contributed by atoms with E-state index in [4.69, 9.17) is 9.47 Å². The van der Waals surface area contributed by atoms with E-state index in [2.05, 4.69) is 20.9 Å². The van der Waals surface area contributed by atoms with E-state index in [1.165, 1.54) is 0 Å². The van der Waals surface area contributed by atoms with Crippen LogP contribution in [0.15, 0.2) is 53.5 Å². The fourth-order valence-electron chi connectivity index (χ4n) is 2.69. The lowest BCUT2D eigenvalue weighted by atomic mass is 10.2. The lowest BCUT2D eigenvalue weighted by Gasteiger charge is -2.13. The fraction of sp³-hybridized carbons (Fsp3) is 0.333. The first-order valence-electron chi connectivity index (χ1n) is 9.50. The van der Waals surface area contributed by atoms with E-state index in [9.17, 15) is 4.79 Å². The number of anilines is 1. The Kier molecular flexibility index (Phi) is 7.12. The van der Waals surface area contributed by atoms with Crippen molar-refractivity contribution in [3.63, 3.8) is 0 Å². The van der Waals surface area contributed by atoms with Crippen molar-refractivity contribution in [1.82, 2.24) is 10.6 Å². The summed E-state index contributed by atoms with van der Waals surface area (Å²) in [4.78, 5) is 16.5. The molecule has 0 bridgehead atoms. The maximum atomic E-state index is 12.1. The number of nitrogens with one attached hydrogen (secondary N) is 3. The van der Waals surface area contributed by atoms with Crippen LogP contribution in [-0.4, -0.2) is 38.2 Å². The van der Waals surface area contributed by atoms with Crippen molar-refractivity contribution in [2.45, 2.75) is 19.9 Å². The van der Waals surface area contributed by atoms with Gasteiger partial charge in [0.2, 0.25) is 5.91 Å². The second kappa shape index (κ2) is 10.2. The Balaban J connectivity index is 1.58. The number of hydrogen-bond acceptors (Lipinski definition) is 4. The zero-order valence-corrected chi connectivity index (χ0v) is 16.0. The Hall–Kier alpha value is -3.22. The van der Waals surface area contributed by atoms with E-state index in [1.807, 2.05) is 55.5 Å². The highest BCUT2D eigenvalue weighted by Gasteiger charge is 2.11. The third-order valence-corrected chi connectivity index (χ3v) is 4.07. The van der Waals surface area contributed by atoms with Gasteiger partial charge >= 0.3 is 0 Å². The maximum Gasteiger partial charge on any atom is 0.242 e. The number of guanidine groups is 1. The van der Waals surface area contributed by atoms with E-state index >= 15 is 0 Å². The molecule has 0 atom stereocenters. The zero-order chi connectivity index (χ0) is 19.6. The van der Waals surface area contributed by atoms with Crippen molar-refractivity contribution in [3.05, 3.63) is 54.1 Å². The molecule has 7 nitrogen and oxygen atoms in total. The van der Waals surface area contributed by atoms with Crippen LogP contribution in [0.25, 0.3) is 0 Å². The van der Waals surface area contributed by atoms with Gasteiger partial charge < -0.3 is 25.4 Å². The molecule has 28 heavy (non-hydrogen) atoms. The van der Waals surface area contributed by atoms with Crippen LogP contribution >= 0.6 is 0 Å². The molecule has 0 radical (unpaired) electrons. The Morgan fingerprint density at radius 2 is 1.82 bits per heavy atom. The van der Waals surface area contributed by atoms with E-state index in [0.29, 0.717) is 38.0 Å². The van der Waals surface area contributed by atoms with Crippen molar-refractivity contribution in [3.8, 4) is 11.5 Å². The number of carbonyl (C=O) groups is 1. The van der Waals surface area contributed by atoms with Gasteiger partial charge in [-0.1, -0.05) is 30.3 Å². The van der Waals surface area contributed by atoms with E-state index in [1.54, 1.807) is 0 Å². The lowest BCUT2D eigenvalue weighted by molar-refractivity contribution is -0.119. The van der Waals surface area contributed by atoms with Crippen molar-refractivity contribution in [2.24, 2.45) is 4.99 Å². The predicted molar refractivity (Wildman–Crippen MR) is 110 cm³/mol. The minimum Gasteiger partial charge on any atom is -0.490 e. The van der Waals surface area contributed by atoms with Crippen LogP contribution in [0.2, 0.25) is 0 Å². The molecule has 3 rings (SSSR count). The molecule has 3 N–H and O–H groups in total. The molecule has 0 saturated carbocycles. The molecule has 148 valence electrons. The van der Waals surface area contributed by atoms with Crippen molar-refractivity contribution in [1.29, 1.82) is 0 Å². The van der Waals surface area contributed by atoms with Gasteiger partial charge in [-0.05, 0) is 24.6 Å². The second-order valence-corrected chi connectivity index (χ2v) is 6.29. The van der Waals surface area contributed by atoms with Gasteiger partial charge in [0.15, 0.2) is 17.5 Å². The fourth-order valence-corrected chi connectivity index (χ4v) is 2.69. The molecule has 0 aromatic heterocycles. The summed E-state index contributed by atoms with van der Waals surface area (Å²) >= 11 is 0. The average molecular weight is 382 g/mol. The maximum absolute atomic E-state index is 12.1. The number of amides is 1. The van der Waals surface area contributed by atoms with Gasteiger partial charge in [-0.3, -0.25) is 4.79 Å². The highest BCUT2D eigenvalue weighted by molar-refractivity contribution is 5.95. The van der Waals surface area contributed by atoms with Crippen LogP contribution in [-0.2, 0) is 11.3 Å². The molecular weight excluding hydrogens is 356 g/mol. The lowest BCUT2D eigenvalue weighted by Crippen LogP contribution is -2.33. The Bertz CT molecular complexity index is 809. The average Bonchev–Trinajstić information content (AvgIpc) is 2.96. The normalized spacial score (nSPS) is 13.4. The van der Waals surface area contributed by atoms with Gasteiger partial charge in [-0.15, -0.1) is 0 Å². The van der Waals surface area contributed by atoms with E-state index in [0.717, 1.165) is 23.4 Å². The first-order valence-corrected chi connectivity index (χ1v) is 9.50. The molecule has 0 aliphatic carbocycles. The number of ether oxygens (including phenoxy) is 2. The summed E-state index contributed by atoms with van der Waals surface area (Å²) in [5.41, 5.74) is 1.87. The van der Waals surface area contributed by atoms with Crippen LogP contribution in [0.1, 0.15) is 18.9 Å². The molecule has 1 amide bonds. The van der Waals surface area contributed by atoms with Crippen molar-refractivity contribution >= 4 is 17.6 Å². The monoisotopic (exact) mass is 382 g/mol. The Morgan fingerprint density at radius 1 is 1.04 bits per heavy atom. The van der Waals surface area contributed by atoms with Crippen LogP contribution in [0.3, 0.4) is 0 Å². The summed E-state index contributed by atoms with van der Waals surface area (Å²) < 4.78 is 11.4. The highest BCUT2D eigenvalue weighted by Crippen LogP contribution is 2.32. The standard InChI is InChI=1S/C21H26N4O3/c1-2-22-21(24-15-20(26)23-14-16-7-4-3-5-8-16)25-17-9-10-18-19(13-17)28-12-6-11-27-18/h3-5,7-10,13H,2,6,11-12,14-15H2,1H3,(H,23,26)(H2,22,24,25). The predicted octanol–water partition coefficient (Wildman–Crippen LogP) is 2.54. The molecule has 0 saturated heterocycles. The van der Waals surface area contributed by atoms with Crippen LogP contribution in [0.4, 0.5) is 5.69 Å². The summed E-state index contributed by atoms with van der Waals surface area (Å²) in [5.74, 6) is 1.84. The van der Waals surface area contributed by atoms with Crippen molar-refractivity contribution in [2.75, 3.05) is 31.6 Å². The first kappa shape index (κ1) is 19.5. The SMILES string of the molecule is CCNC(=NCC(=O)NCc1ccccc1)Nc1ccc2c(c1)OCCCO2. The molecule has 2 aromatic carbocycles.